The Morgan fingerprint density at radius 1 is 1.28 bits per heavy atom. The van der Waals surface area contributed by atoms with Gasteiger partial charge in [0.1, 0.15) is 17.5 Å². The first-order chi connectivity index (χ1) is 15.3. The molecule has 7 nitrogen and oxygen atoms in total. The molecule has 0 saturated carbocycles. The molecule has 2 aromatic heterocycles. The number of ketones is 1. The number of H-pyrrole nitrogens is 2. The molecule has 0 fully saturated rings. The molecule has 2 heterocycles. The second kappa shape index (κ2) is 9.95. The monoisotopic (exact) mass is 439 g/mol. The average Bonchev–Trinajstić information content (AvgIpc) is 3.32. The SMILES string of the molecule is CC/C=N\c1nc(CN(C)/C=C\c2c(C(=O)c3c(F)cccc3F)c[nH]c2C=O)[nH]c1C. The van der Waals surface area contributed by atoms with Crippen molar-refractivity contribution in [3.8, 4) is 0 Å². The van der Waals surface area contributed by atoms with Crippen molar-refractivity contribution in [1.82, 2.24) is 19.9 Å². The van der Waals surface area contributed by atoms with Gasteiger partial charge in [-0.1, -0.05) is 13.0 Å². The van der Waals surface area contributed by atoms with Gasteiger partial charge in [-0.05, 0) is 37.8 Å². The lowest BCUT2D eigenvalue weighted by Gasteiger charge is -2.12. The Morgan fingerprint density at radius 2 is 2.00 bits per heavy atom. The van der Waals surface area contributed by atoms with Crippen LogP contribution >= 0.6 is 0 Å². The van der Waals surface area contributed by atoms with Crippen LogP contribution in [0.3, 0.4) is 0 Å². The minimum Gasteiger partial charge on any atom is -0.373 e. The molecule has 0 unspecified atom stereocenters. The fourth-order valence-electron chi connectivity index (χ4n) is 3.15. The number of nitrogens with zero attached hydrogens (tertiary/aromatic N) is 3. The van der Waals surface area contributed by atoms with Crippen LogP contribution in [0.15, 0.2) is 35.6 Å². The van der Waals surface area contributed by atoms with Crippen LogP contribution in [0.1, 0.15) is 56.8 Å². The van der Waals surface area contributed by atoms with Gasteiger partial charge >= 0.3 is 0 Å². The van der Waals surface area contributed by atoms with Crippen molar-refractivity contribution >= 4 is 30.2 Å². The smallest absolute Gasteiger partial charge is 0.201 e. The van der Waals surface area contributed by atoms with E-state index in [4.69, 9.17) is 0 Å². The van der Waals surface area contributed by atoms with Crippen LogP contribution in [0, 0.1) is 18.6 Å². The van der Waals surface area contributed by atoms with E-state index in [9.17, 15) is 18.4 Å². The first-order valence-corrected chi connectivity index (χ1v) is 9.97. The van der Waals surface area contributed by atoms with Gasteiger partial charge in [0, 0.05) is 30.6 Å². The Balaban J connectivity index is 1.84. The zero-order chi connectivity index (χ0) is 23.3. The number of nitrogens with one attached hydrogen (secondary N) is 2. The van der Waals surface area contributed by atoms with E-state index in [2.05, 4.69) is 19.9 Å². The van der Waals surface area contributed by atoms with Gasteiger partial charge in [0.05, 0.1) is 23.5 Å². The third-order valence-electron chi connectivity index (χ3n) is 4.70. The zero-order valence-electron chi connectivity index (χ0n) is 17.9. The van der Waals surface area contributed by atoms with Crippen molar-refractivity contribution in [3.05, 3.63) is 76.1 Å². The van der Waals surface area contributed by atoms with Crippen molar-refractivity contribution in [2.24, 2.45) is 4.99 Å². The summed E-state index contributed by atoms with van der Waals surface area (Å²) in [6.45, 7) is 4.27. The van der Waals surface area contributed by atoms with Crippen LogP contribution in [0.2, 0.25) is 0 Å². The number of benzene rings is 1. The fourth-order valence-corrected chi connectivity index (χ4v) is 3.15. The number of carbonyl (C=O) groups excluding carboxylic acids is 2. The summed E-state index contributed by atoms with van der Waals surface area (Å²) in [4.78, 5) is 40.6. The molecule has 0 spiro atoms. The highest BCUT2D eigenvalue weighted by atomic mass is 19.1. The van der Waals surface area contributed by atoms with Crippen molar-refractivity contribution in [2.75, 3.05) is 7.05 Å². The standard InChI is InChI=1S/C23H23F2N5O2/c1-4-9-26-23-14(2)28-20(29-23)12-30(3)10-8-15-16(11-27-19(15)13-31)22(32)21-17(24)6-5-7-18(21)25/h5-11,13,27H,4,12H2,1-3H3,(H,28,29)/b10-8-,26-9-. The Labute approximate surface area is 183 Å². The highest BCUT2D eigenvalue weighted by molar-refractivity contribution is 6.12. The van der Waals surface area contributed by atoms with Gasteiger partial charge in [0.2, 0.25) is 5.78 Å². The fraction of sp³-hybridized carbons (Fsp3) is 0.217. The maximum absolute atomic E-state index is 14.1. The van der Waals surface area contributed by atoms with Crippen LogP contribution in [0.25, 0.3) is 6.08 Å². The molecule has 0 atom stereocenters. The average molecular weight is 439 g/mol. The molecule has 0 aliphatic carbocycles. The molecule has 0 amide bonds. The molecule has 0 saturated heterocycles. The maximum Gasteiger partial charge on any atom is 0.201 e. The summed E-state index contributed by atoms with van der Waals surface area (Å²) in [7, 11) is 1.79. The van der Waals surface area contributed by atoms with E-state index >= 15 is 0 Å². The van der Waals surface area contributed by atoms with E-state index < -0.39 is 23.0 Å². The molecule has 32 heavy (non-hydrogen) atoms. The zero-order valence-corrected chi connectivity index (χ0v) is 17.9. The molecular weight excluding hydrogens is 416 g/mol. The van der Waals surface area contributed by atoms with Crippen LogP contribution in [0.5, 0.6) is 0 Å². The summed E-state index contributed by atoms with van der Waals surface area (Å²) >= 11 is 0. The van der Waals surface area contributed by atoms with Gasteiger partial charge in [-0.2, -0.15) is 0 Å². The molecule has 166 valence electrons. The summed E-state index contributed by atoms with van der Waals surface area (Å²) in [6.07, 6.45) is 7.58. The largest absolute Gasteiger partial charge is 0.373 e. The third kappa shape index (κ3) is 4.88. The number of aliphatic imine (C=N–C) groups is 1. The van der Waals surface area contributed by atoms with Gasteiger partial charge in [-0.25, -0.2) is 18.8 Å². The number of halogens is 2. The summed E-state index contributed by atoms with van der Waals surface area (Å²) in [5.74, 6) is -1.48. The first kappa shape index (κ1) is 22.8. The number of aromatic amines is 2. The molecule has 0 radical (unpaired) electrons. The number of carbonyl (C=O) groups is 2. The second-order valence-electron chi connectivity index (χ2n) is 7.16. The van der Waals surface area contributed by atoms with E-state index in [-0.39, 0.29) is 16.8 Å². The molecular formula is C23H23F2N5O2. The van der Waals surface area contributed by atoms with Gasteiger partial charge in [-0.15, -0.1) is 0 Å². The van der Waals surface area contributed by atoms with Crippen LogP contribution in [-0.4, -0.2) is 45.2 Å². The highest BCUT2D eigenvalue weighted by Gasteiger charge is 2.23. The highest BCUT2D eigenvalue weighted by Crippen LogP contribution is 2.23. The van der Waals surface area contributed by atoms with Crippen LogP contribution in [0.4, 0.5) is 14.6 Å². The summed E-state index contributed by atoms with van der Waals surface area (Å²) in [5, 5.41) is 0. The molecule has 0 aliphatic rings. The Morgan fingerprint density at radius 3 is 2.66 bits per heavy atom. The molecule has 3 aromatic rings. The van der Waals surface area contributed by atoms with Crippen molar-refractivity contribution in [3.63, 3.8) is 0 Å². The topological polar surface area (TPSA) is 94.2 Å². The number of rotatable bonds is 9. The van der Waals surface area contributed by atoms with Crippen molar-refractivity contribution in [2.45, 2.75) is 26.8 Å². The van der Waals surface area contributed by atoms with E-state index in [1.54, 1.807) is 24.4 Å². The molecule has 3 rings (SSSR count). The summed E-state index contributed by atoms with van der Waals surface area (Å²) in [5.41, 5.74) is 0.530. The minimum absolute atomic E-state index is 0.00854. The van der Waals surface area contributed by atoms with E-state index in [1.165, 1.54) is 18.3 Å². The lowest BCUT2D eigenvalue weighted by Crippen LogP contribution is -2.11. The predicted molar refractivity (Wildman–Crippen MR) is 118 cm³/mol. The lowest BCUT2D eigenvalue weighted by atomic mass is 10.00. The third-order valence-corrected chi connectivity index (χ3v) is 4.70. The van der Waals surface area contributed by atoms with Gasteiger partial charge < -0.3 is 14.9 Å². The number of hydrogen-bond donors (Lipinski definition) is 2. The summed E-state index contributed by atoms with van der Waals surface area (Å²) < 4.78 is 28.2. The maximum atomic E-state index is 14.1. The number of aldehydes is 1. The predicted octanol–water partition coefficient (Wildman–Crippen LogP) is 4.58. The molecule has 2 N–H and O–H groups in total. The van der Waals surface area contributed by atoms with Crippen molar-refractivity contribution < 1.29 is 18.4 Å². The van der Waals surface area contributed by atoms with E-state index in [0.29, 0.717) is 24.5 Å². The number of aromatic nitrogens is 3. The van der Waals surface area contributed by atoms with Crippen LogP contribution in [-0.2, 0) is 6.54 Å². The second-order valence-corrected chi connectivity index (χ2v) is 7.16. The van der Waals surface area contributed by atoms with Crippen molar-refractivity contribution in [1.29, 1.82) is 0 Å². The minimum atomic E-state index is -0.967. The number of aryl methyl sites for hydroxylation is 1. The Bertz CT molecular complexity index is 1170. The Kier molecular flexibility index (Phi) is 7.09. The van der Waals surface area contributed by atoms with Gasteiger partial charge in [0.25, 0.3) is 0 Å². The van der Waals surface area contributed by atoms with Crippen LogP contribution < -0.4 is 0 Å². The number of imidazole rings is 1. The Hall–Kier alpha value is -3.88. The van der Waals surface area contributed by atoms with E-state index in [1.807, 2.05) is 13.8 Å². The molecule has 0 bridgehead atoms. The lowest BCUT2D eigenvalue weighted by molar-refractivity contribution is 0.103. The molecule has 0 aliphatic heterocycles. The molecule has 1 aromatic carbocycles. The van der Waals surface area contributed by atoms with Gasteiger partial charge in [-0.3, -0.25) is 9.59 Å². The van der Waals surface area contributed by atoms with Gasteiger partial charge in [0.15, 0.2) is 12.1 Å². The molecule has 9 heteroatoms. The quantitative estimate of drug-likeness (QED) is 0.290. The first-order valence-electron chi connectivity index (χ1n) is 9.97. The van der Waals surface area contributed by atoms with E-state index in [0.717, 1.165) is 24.2 Å². The summed E-state index contributed by atoms with van der Waals surface area (Å²) in [6, 6.07) is 3.20. The normalized spacial score (nSPS) is 11.5. The number of hydrogen-bond acceptors (Lipinski definition) is 5.